The fourth-order valence-corrected chi connectivity index (χ4v) is 2.04. The quantitative estimate of drug-likeness (QED) is 0.886. The molecular formula is C11H14BrFO. The predicted octanol–water partition coefficient (Wildman–Crippen LogP) is 3.13. The van der Waals surface area contributed by atoms with Crippen LogP contribution in [-0.2, 0) is 6.42 Å². The minimum absolute atomic E-state index is 0.102. The third kappa shape index (κ3) is 2.34. The molecule has 0 radical (unpaired) electrons. The van der Waals surface area contributed by atoms with E-state index in [-0.39, 0.29) is 12.4 Å². The van der Waals surface area contributed by atoms with Crippen LogP contribution < -0.4 is 0 Å². The molecule has 0 aliphatic rings. The zero-order chi connectivity index (χ0) is 10.7. The Morgan fingerprint density at radius 3 is 2.64 bits per heavy atom. The lowest BCUT2D eigenvalue weighted by molar-refractivity contribution is 0.288. The van der Waals surface area contributed by atoms with Crippen LogP contribution in [0.3, 0.4) is 0 Å². The van der Waals surface area contributed by atoms with E-state index in [1.165, 1.54) is 0 Å². The van der Waals surface area contributed by atoms with Gasteiger partial charge in [0.15, 0.2) is 0 Å². The highest BCUT2D eigenvalue weighted by Gasteiger charge is 2.11. The van der Waals surface area contributed by atoms with Gasteiger partial charge in [-0.1, -0.05) is 0 Å². The predicted molar refractivity (Wildman–Crippen MR) is 59.0 cm³/mol. The van der Waals surface area contributed by atoms with Crippen molar-refractivity contribution in [1.29, 1.82) is 0 Å². The summed E-state index contributed by atoms with van der Waals surface area (Å²) in [6, 6.07) is 1.78. The SMILES string of the molecule is Cc1cc(Br)c(F)c(CCCO)c1C. The Hall–Kier alpha value is -0.410. The van der Waals surface area contributed by atoms with Gasteiger partial charge in [-0.15, -0.1) is 0 Å². The maximum absolute atomic E-state index is 13.6. The Kier molecular flexibility index (Phi) is 4.08. The van der Waals surface area contributed by atoms with Crippen LogP contribution in [0.25, 0.3) is 0 Å². The first-order valence-electron chi connectivity index (χ1n) is 4.63. The van der Waals surface area contributed by atoms with Crippen LogP contribution >= 0.6 is 15.9 Å². The van der Waals surface area contributed by atoms with E-state index in [4.69, 9.17) is 5.11 Å². The maximum atomic E-state index is 13.6. The van der Waals surface area contributed by atoms with Crippen molar-refractivity contribution >= 4 is 15.9 Å². The van der Waals surface area contributed by atoms with Gasteiger partial charge in [-0.05, 0) is 65.4 Å². The molecule has 0 spiro atoms. The van der Waals surface area contributed by atoms with Crippen molar-refractivity contribution < 1.29 is 9.50 Å². The molecular weight excluding hydrogens is 247 g/mol. The van der Waals surface area contributed by atoms with Gasteiger partial charge in [-0.2, -0.15) is 0 Å². The molecule has 0 fully saturated rings. The van der Waals surface area contributed by atoms with Crippen molar-refractivity contribution in [2.75, 3.05) is 6.61 Å². The summed E-state index contributed by atoms with van der Waals surface area (Å²) >= 11 is 3.19. The summed E-state index contributed by atoms with van der Waals surface area (Å²) < 4.78 is 14.1. The van der Waals surface area contributed by atoms with Crippen LogP contribution in [0.15, 0.2) is 10.5 Å². The molecule has 3 heteroatoms. The summed E-state index contributed by atoms with van der Waals surface area (Å²) in [6.07, 6.45) is 1.20. The van der Waals surface area contributed by atoms with E-state index in [1.807, 2.05) is 13.8 Å². The Morgan fingerprint density at radius 1 is 1.43 bits per heavy atom. The molecule has 0 aliphatic carbocycles. The number of hydrogen-bond acceptors (Lipinski definition) is 1. The van der Waals surface area contributed by atoms with Gasteiger partial charge in [-0.3, -0.25) is 0 Å². The molecule has 0 amide bonds. The monoisotopic (exact) mass is 260 g/mol. The number of aliphatic hydroxyl groups is 1. The lowest BCUT2D eigenvalue weighted by Gasteiger charge is -2.11. The van der Waals surface area contributed by atoms with Crippen LogP contribution in [0.2, 0.25) is 0 Å². The number of aliphatic hydroxyl groups excluding tert-OH is 1. The number of benzene rings is 1. The van der Waals surface area contributed by atoms with Gasteiger partial charge in [0.1, 0.15) is 5.82 Å². The summed E-state index contributed by atoms with van der Waals surface area (Å²) in [5.41, 5.74) is 2.77. The Bertz CT molecular complexity index is 310. The molecule has 14 heavy (non-hydrogen) atoms. The van der Waals surface area contributed by atoms with E-state index in [9.17, 15) is 4.39 Å². The highest BCUT2D eigenvalue weighted by molar-refractivity contribution is 9.10. The average molecular weight is 261 g/mol. The van der Waals surface area contributed by atoms with Crippen molar-refractivity contribution in [2.24, 2.45) is 0 Å². The third-order valence-electron chi connectivity index (χ3n) is 2.45. The summed E-state index contributed by atoms with van der Waals surface area (Å²) in [5.74, 6) is -0.193. The number of aryl methyl sites for hydroxylation is 1. The highest BCUT2D eigenvalue weighted by Crippen LogP contribution is 2.26. The van der Waals surface area contributed by atoms with Gasteiger partial charge in [-0.25, -0.2) is 4.39 Å². The van der Waals surface area contributed by atoms with E-state index < -0.39 is 0 Å². The molecule has 0 unspecified atom stereocenters. The molecule has 78 valence electrons. The van der Waals surface area contributed by atoms with E-state index in [1.54, 1.807) is 6.07 Å². The first kappa shape index (κ1) is 11.7. The first-order chi connectivity index (χ1) is 6.57. The van der Waals surface area contributed by atoms with Gasteiger partial charge in [0.05, 0.1) is 4.47 Å². The van der Waals surface area contributed by atoms with Crippen molar-refractivity contribution in [3.8, 4) is 0 Å². The molecule has 1 aromatic rings. The van der Waals surface area contributed by atoms with E-state index >= 15 is 0 Å². The minimum atomic E-state index is -0.193. The van der Waals surface area contributed by atoms with E-state index in [0.29, 0.717) is 22.9 Å². The second-order valence-corrected chi connectivity index (χ2v) is 4.27. The van der Waals surface area contributed by atoms with Crippen LogP contribution in [0, 0.1) is 19.7 Å². The lowest BCUT2D eigenvalue weighted by Crippen LogP contribution is -2.00. The molecule has 1 N–H and O–H groups in total. The molecule has 0 atom stereocenters. The second kappa shape index (κ2) is 4.89. The fourth-order valence-electron chi connectivity index (χ4n) is 1.46. The van der Waals surface area contributed by atoms with E-state index in [0.717, 1.165) is 11.1 Å². The maximum Gasteiger partial charge on any atom is 0.140 e. The number of rotatable bonds is 3. The molecule has 1 rings (SSSR count). The fraction of sp³-hybridized carbons (Fsp3) is 0.455. The van der Waals surface area contributed by atoms with Crippen LogP contribution in [0.4, 0.5) is 4.39 Å². The van der Waals surface area contributed by atoms with Crippen LogP contribution in [-0.4, -0.2) is 11.7 Å². The topological polar surface area (TPSA) is 20.2 Å². The summed E-state index contributed by atoms with van der Waals surface area (Å²) in [4.78, 5) is 0. The van der Waals surface area contributed by atoms with Crippen LogP contribution in [0.5, 0.6) is 0 Å². The minimum Gasteiger partial charge on any atom is -0.396 e. The zero-order valence-electron chi connectivity index (χ0n) is 8.40. The Balaban J connectivity index is 3.11. The Morgan fingerprint density at radius 2 is 2.07 bits per heavy atom. The molecule has 0 saturated carbocycles. The summed E-state index contributed by atoms with van der Waals surface area (Å²) in [5, 5.41) is 8.71. The molecule has 1 aromatic carbocycles. The van der Waals surface area contributed by atoms with Gasteiger partial charge < -0.3 is 5.11 Å². The van der Waals surface area contributed by atoms with Gasteiger partial charge in [0.25, 0.3) is 0 Å². The molecule has 0 heterocycles. The normalized spacial score (nSPS) is 10.6. The van der Waals surface area contributed by atoms with E-state index in [2.05, 4.69) is 15.9 Å². The largest absolute Gasteiger partial charge is 0.396 e. The first-order valence-corrected chi connectivity index (χ1v) is 5.42. The van der Waals surface area contributed by atoms with Gasteiger partial charge >= 0.3 is 0 Å². The number of hydrogen-bond donors (Lipinski definition) is 1. The smallest absolute Gasteiger partial charge is 0.140 e. The Labute approximate surface area is 92.1 Å². The highest BCUT2D eigenvalue weighted by atomic mass is 79.9. The molecule has 0 aliphatic heterocycles. The summed E-state index contributed by atoms with van der Waals surface area (Å²) in [7, 11) is 0. The second-order valence-electron chi connectivity index (χ2n) is 3.42. The van der Waals surface area contributed by atoms with Crippen molar-refractivity contribution in [1.82, 2.24) is 0 Å². The lowest BCUT2D eigenvalue weighted by atomic mass is 9.99. The van der Waals surface area contributed by atoms with Crippen molar-refractivity contribution in [2.45, 2.75) is 26.7 Å². The van der Waals surface area contributed by atoms with Crippen molar-refractivity contribution in [3.05, 3.63) is 33.0 Å². The van der Waals surface area contributed by atoms with Crippen molar-refractivity contribution in [3.63, 3.8) is 0 Å². The molecule has 0 saturated heterocycles. The molecule has 0 aromatic heterocycles. The standard InChI is InChI=1S/C11H14BrFO/c1-7-6-10(12)11(13)9(8(7)2)4-3-5-14/h6,14H,3-5H2,1-2H3. The number of halogens is 2. The third-order valence-corrected chi connectivity index (χ3v) is 3.02. The van der Waals surface area contributed by atoms with Gasteiger partial charge in [0, 0.05) is 6.61 Å². The average Bonchev–Trinajstić information content (AvgIpc) is 2.15. The van der Waals surface area contributed by atoms with Crippen LogP contribution in [0.1, 0.15) is 23.1 Å². The molecule has 1 nitrogen and oxygen atoms in total. The zero-order valence-corrected chi connectivity index (χ0v) is 9.99. The summed E-state index contributed by atoms with van der Waals surface area (Å²) in [6.45, 7) is 3.98. The van der Waals surface area contributed by atoms with Gasteiger partial charge in [0.2, 0.25) is 0 Å². The molecule has 0 bridgehead atoms.